The molecule has 1 heterocycles. The summed E-state index contributed by atoms with van der Waals surface area (Å²) in [6, 6.07) is 14.8. The fraction of sp³-hybridized carbons (Fsp3) is 0.318. The summed E-state index contributed by atoms with van der Waals surface area (Å²) >= 11 is 3.44. The van der Waals surface area contributed by atoms with Crippen molar-refractivity contribution in [1.82, 2.24) is 0 Å². The van der Waals surface area contributed by atoms with Gasteiger partial charge in [-0.15, -0.1) is 0 Å². The second-order valence-corrected chi connectivity index (χ2v) is 8.34. The van der Waals surface area contributed by atoms with Gasteiger partial charge >= 0.3 is 0 Å². The fourth-order valence-corrected chi connectivity index (χ4v) is 4.20. The number of nitrogens with one attached hydrogen (secondary N) is 1. The molecule has 2 aliphatic rings. The average Bonchev–Trinajstić information content (AvgIpc) is 2.63. The molecule has 0 atom stereocenters. The SMILES string of the molecule is O=C1CCCC(=O)N1c1ccc(NC(=O)C2(c3ccc(Br)cc3)CCC2)cc1. The van der Waals surface area contributed by atoms with Gasteiger partial charge in [-0.05, 0) is 61.2 Å². The van der Waals surface area contributed by atoms with Gasteiger partial charge in [-0.1, -0.05) is 34.5 Å². The van der Waals surface area contributed by atoms with Crippen molar-refractivity contribution in [2.24, 2.45) is 0 Å². The summed E-state index contributed by atoms with van der Waals surface area (Å²) in [5.74, 6) is -0.354. The summed E-state index contributed by atoms with van der Waals surface area (Å²) in [5.41, 5.74) is 1.76. The smallest absolute Gasteiger partial charge is 0.235 e. The number of piperidine rings is 1. The predicted octanol–water partition coefficient (Wildman–Crippen LogP) is 4.55. The molecule has 28 heavy (non-hydrogen) atoms. The molecule has 0 unspecified atom stereocenters. The predicted molar refractivity (Wildman–Crippen MR) is 111 cm³/mol. The van der Waals surface area contributed by atoms with E-state index in [9.17, 15) is 14.4 Å². The van der Waals surface area contributed by atoms with Crippen LogP contribution in [0.25, 0.3) is 0 Å². The van der Waals surface area contributed by atoms with Crippen LogP contribution in [-0.4, -0.2) is 17.7 Å². The Bertz CT molecular complexity index is 902. The number of hydrogen-bond acceptors (Lipinski definition) is 3. The molecular formula is C22H21BrN2O3. The van der Waals surface area contributed by atoms with Gasteiger partial charge < -0.3 is 5.32 Å². The van der Waals surface area contributed by atoms with Gasteiger partial charge in [0, 0.05) is 23.0 Å². The first-order valence-electron chi connectivity index (χ1n) is 9.53. The van der Waals surface area contributed by atoms with E-state index >= 15 is 0 Å². The number of amides is 3. The minimum absolute atomic E-state index is 0.0149. The number of carbonyl (C=O) groups is 3. The Morgan fingerprint density at radius 2 is 1.50 bits per heavy atom. The normalized spacial score (nSPS) is 18.5. The van der Waals surface area contributed by atoms with E-state index in [-0.39, 0.29) is 17.7 Å². The van der Waals surface area contributed by atoms with Crippen molar-refractivity contribution >= 4 is 45.0 Å². The highest BCUT2D eigenvalue weighted by atomic mass is 79.9. The molecule has 2 fully saturated rings. The van der Waals surface area contributed by atoms with Crippen molar-refractivity contribution in [1.29, 1.82) is 0 Å². The van der Waals surface area contributed by atoms with E-state index in [0.29, 0.717) is 30.6 Å². The third-order valence-electron chi connectivity index (χ3n) is 5.70. The minimum Gasteiger partial charge on any atom is -0.325 e. The Hall–Kier alpha value is -2.47. The molecule has 1 aliphatic carbocycles. The molecule has 1 N–H and O–H groups in total. The first kappa shape index (κ1) is 18.9. The summed E-state index contributed by atoms with van der Waals surface area (Å²) in [4.78, 5) is 38.4. The Morgan fingerprint density at radius 1 is 0.893 bits per heavy atom. The van der Waals surface area contributed by atoms with Crippen molar-refractivity contribution in [2.75, 3.05) is 10.2 Å². The standard InChI is InChI=1S/C22H21BrN2O3/c23-16-7-5-15(6-8-16)22(13-2-14-22)21(28)24-17-9-11-18(12-10-17)25-19(26)3-1-4-20(25)27/h5-12H,1-4,13-14H2,(H,24,28). The van der Waals surface area contributed by atoms with E-state index in [2.05, 4.69) is 21.2 Å². The number of halogens is 1. The van der Waals surface area contributed by atoms with Gasteiger partial charge in [0.2, 0.25) is 17.7 Å². The van der Waals surface area contributed by atoms with E-state index in [0.717, 1.165) is 29.3 Å². The van der Waals surface area contributed by atoms with Crippen LogP contribution in [-0.2, 0) is 19.8 Å². The molecule has 0 spiro atoms. The van der Waals surface area contributed by atoms with Gasteiger partial charge in [0.25, 0.3) is 0 Å². The number of hydrogen-bond donors (Lipinski definition) is 1. The molecule has 0 bridgehead atoms. The van der Waals surface area contributed by atoms with E-state index in [4.69, 9.17) is 0 Å². The maximum atomic E-state index is 13.1. The largest absolute Gasteiger partial charge is 0.325 e. The Balaban J connectivity index is 1.51. The Morgan fingerprint density at radius 3 is 2.04 bits per heavy atom. The summed E-state index contributed by atoms with van der Waals surface area (Å²) in [7, 11) is 0. The molecule has 1 saturated heterocycles. The molecule has 0 radical (unpaired) electrons. The minimum atomic E-state index is -0.488. The highest BCUT2D eigenvalue weighted by Gasteiger charge is 2.45. The summed E-state index contributed by atoms with van der Waals surface area (Å²) < 4.78 is 0.989. The number of imide groups is 1. The summed E-state index contributed by atoms with van der Waals surface area (Å²) in [5, 5.41) is 3.01. The van der Waals surface area contributed by atoms with Crippen LogP contribution in [0.1, 0.15) is 44.1 Å². The van der Waals surface area contributed by atoms with Crippen LogP contribution < -0.4 is 10.2 Å². The molecule has 144 valence electrons. The zero-order chi connectivity index (χ0) is 19.7. The van der Waals surface area contributed by atoms with Gasteiger partial charge in [0.15, 0.2) is 0 Å². The van der Waals surface area contributed by atoms with Crippen molar-refractivity contribution in [3.05, 3.63) is 58.6 Å². The number of rotatable bonds is 4. The lowest BCUT2D eigenvalue weighted by Crippen LogP contribution is -2.46. The van der Waals surface area contributed by atoms with Crippen LogP contribution in [0.4, 0.5) is 11.4 Å². The van der Waals surface area contributed by atoms with Gasteiger partial charge in [-0.3, -0.25) is 19.3 Å². The van der Waals surface area contributed by atoms with Crippen molar-refractivity contribution in [3.8, 4) is 0 Å². The molecule has 5 nitrogen and oxygen atoms in total. The molecule has 6 heteroatoms. The van der Waals surface area contributed by atoms with Crippen molar-refractivity contribution in [3.63, 3.8) is 0 Å². The monoisotopic (exact) mass is 440 g/mol. The van der Waals surface area contributed by atoms with Gasteiger partial charge in [0.1, 0.15) is 0 Å². The van der Waals surface area contributed by atoms with Crippen LogP contribution in [0.2, 0.25) is 0 Å². The lowest BCUT2D eigenvalue weighted by molar-refractivity contribution is -0.129. The van der Waals surface area contributed by atoms with Crippen LogP contribution in [0.3, 0.4) is 0 Å². The maximum Gasteiger partial charge on any atom is 0.235 e. The zero-order valence-electron chi connectivity index (χ0n) is 15.4. The van der Waals surface area contributed by atoms with Crippen LogP contribution in [0.5, 0.6) is 0 Å². The Labute approximate surface area is 172 Å². The fourth-order valence-electron chi connectivity index (χ4n) is 3.93. The molecule has 2 aromatic rings. The molecule has 2 aromatic carbocycles. The second kappa shape index (κ2) is 7.51. The van der Waals surface area contributed by atoms with E-state index in [1.54, 1.807) is 24.3 Å². The zero-order valence-corrected chi connectivity index (χ0v) is 17.0. The second-order valence-electron chi connectivity index (χ2n) is 7.42. The van der Waals surface area contributed by atoms with Crippen LogP contribution in [0, 0.1) is 0 Å². The molecule has 1 aliphatic heterocycles. The lowest BCUT2D eigenvalue weighted by atomic mass is 9.64. The number of benzene rings is 2. The topological polar surface area (TPSA) is 66.5 Å². The van der Waals surface area contributed by atoms with Gasteiger partial charge in [-0.2, -0.15) is 0 Å². The van der Waals surface area contributed by atoms with E-state index in [1.165, 1.54) is 4.90 Å². The third kappa shape index (κ3) is 3.37. The number of nitrogens with zero attached hydrogens (tertiary/aromatic N) is 1. The first-order chi connectivity index (χ1) is 13.5. The van der Waals surface area contributed by atoms with Crippen LogP contribution >= 0.6 is 15.9 Å². The summed E-state index contributed by atoms with van der Waals surface area (Å²) in [6.45, 7) is 0. The van der Waals surface area contributed by atoms with Gasteiger partial charge in [0.05, 0.1) is 11.1 Å². The average molecular weight is 441 g/mol. The van der Waals surface area contributed by atoms with E-state index in [1.807, 2.05) is 24.3 Å². The molecular weight excluding hydrogens is 420 g/mol. The quantitative estimate of drug-likeness (QED) is 0.708. The lowest BCUT2D eigenvalue weighted by Gasteiger charge is -2.40. The highest BCUT2D eigenvalue weighted by molar-refractivity contribution is 9.10. The number of anilines is 2. The molecule has 0 aromatic heterocycles. The van der Waals surface area contributed by atoms with Gasteiger partial charge in [-0.25, -0.2) is 0 Å². The van der Waals surface area contributed by atoms with Crippen molar-refractivity contribution in [2.45, 2.75) is 43.9 Å². The third-order valence-corrected chi connectivity index (χ3v) is 6.23. The van der Waals surface area contributed by atoms with E-state index < -0.39 is 5.41 Å². The highest BCUT2D eigenvalue weighted by Crippen LogP contribution is 2.45. The van der Waals surface area contributed by atoms with Crippen molar-refractivity contribution < 1.29 is 14.4 Å². The molecule has 3 amide bonds. The first-order valence-corrected chi connectivity index (χ1v) is 10.3. The maximum absolute atomic E-state index is 13.1. The molecule has 1 saturated carbocycles. The van der Waals surface area contributed by atoms with Crippen LogP contribution in [0.15, 0.2) is 53.0 Å². The summed E-state index contributed by atoms with van der Waals surface area (Å²) in [6.07, 6.45) is 4.08. The Kier molecular flexibility index (Phi) is 5.06. The molecule has 4 rings (SSSR count). The number of carbonyl (C=O) groups excluding carboxylic acids is 3.